The van der Waals surface area contributed by atoms with Crippen LogP contribution in [-0.2, 0) is 6.54 Å². The zero-order valence-corrected chi connectivity index (χ0v) is 14.8. The molecule has 0 aliphatic carbocycles. The Balaban J connectivity index is 0.00000144. The van der Waals surface area contributed by atoms with Gasteiger partial charge in [0.05, 0.1) is 0 Å². The molecule has 0 bridgehead atoms. The minimum absolute atomic E-state index is 0. The fourth-order valence-corrected chi connectivity index (χ4v) is 3.90. The second-order valence-electron chi connectivity index (χ2n) is 5.10. The molecule has 0 atom stereocenters. The van der Waals surface area contributed by atoms with Crippen LogP contribution in [0.2, 0.25) is 5.02 Å². The van der Waals surface area contributed by atoms with Gasteiger partial charge in [-0.1, -0.05) is 65.4 Å². The van der Waals surface area contributed by atoms with Gasteiger partial charge in [0.1, 0.15) is 4.70 Å². The highest BCUT2D eigenvalue weighted by Gasteiger charge is 2.13. The Morgan fingerprint density at radius 1 is 0.955 bits per heavy atom. The maximum absolute atomic E-state index is 6.06. The van der Waals surface area contributed by atoms with Crippen molar-refractivity contribution in [2.24, 2.45) is 0 Å². The van der Waals surface area contributed by atoms with Gasteiger partial charge in [0.15, 0.2) is 6.54 Å². The SMILES string of the molecule is Clc1ccc2c(c1)sc[n+]2Cc1cccc2ccccc12.[Br-]. The number of halogens is 2. The Morgan fingerprint density at radius 2 is 1.77 bits per heavy atom. The molecule has 0 spiro atoms. The lowest BCUT2D eigenvalue weighted by molar-refractivity contribution is -0.657. The Bertz CT molecular complexity index is 943. The molecular weight excluding hydrogens is 378 g/mol. The van der Waals surface area contributed by atoms with E-state index in [0.29, 0.717) is 0 Å². The maximum atomic E-state index is 6.06. The average Bonchev–Trinajstić information content (AvgIpc) is 2.90. The summed E-state index contributed by atoms with van der Waals surface area (Å²) in [5, 5.41) is 3.40. The van der Waals surface area contributed by atoms with E-state index in [1.54, 1.807) is 11.3 Å². The fourth-order valence-electron chi connectivity index (χ4n) is 2.73. The molecule has 4 rings (SSSR count). The van der Waals surface area contributed by atoms with E-state index in [4.69, 9.17) is 11.6 Å². The summed E-state index contributed by atoms with van der Waals surface area (Å²) in [7, 11) is 0. The summed E-state index contributed by atoms with van der Waals surface area (Å²) in [5.41, 5.74) is 4.74. The molecule has 1 nitrogen and oxygen atoms in total. The summed E-state index contributed by atoms with van der Waals surface area (Å²) in [6, 6.07) is 21.1. The lowest BCUT2D eigenvalue weighted by Crippen LogP contribution is -3.00. The second kappa shape index (κ2) is 6.37. The zero-order chi connectivity index (χ0) is 14.2. The number of benzene rings is 3. The molecule has 0 unspecified atom stereocenters. The summed E-state index contributed by atoms with van der Waals surface area (Å²) in [6.45, 7) is 0.878. The third kappa shape index (κ3) is 2.76. The molecule has 4 aromatic rings. The van der Waals surface area contributed by atoms with Gasteiger partial charge in [-0.25, -0.2) is 0 Å². The summed E-state index contributed by atoms with van der Waals surface area (Å²) in [6.07, 6.45) is 0. The molecule has 4 heteroatoms. The molecule has 110 valence electrons. The van der Waals surface area contributed by atoms with Crippen LogP contribution in [0.4, 0.5) is 0 Å². The number of hydrogen-bond donors (Lipinski definition) is 0. The first-order valence-corrected chi connectivity index (χ1v) is 8.10. The largest absolute Gasteiger partial charge is 1.00 e. The van der Waals surface area contributed by atoms with Gasteiger partial charge in [0.25, 0.3) is 0 Å². The van der Waals surface area contributed by atoms with E-state index in [9.17, 15) is 0 Å². The summed E-state index contributed by atoms with van der Waals surface area (Å²) < 4.78 is 3.51. The van der Waals surface area contributed by atoms with E-state index in [1.807, 2.05) is 12.1 Å². The van der Waals surface area contributed by atoms with Crippen molar-refractivity contribution < 1.29 is 21.5 Å². The standard InChI is InChI=1S/C18H13ClNS.BrH/c19-15-8-9-17-18(10-15)21-12-20(17)11-14-6-3-5-13-4-1-2-7-16(13)14;/h1-10,12H,11H2;1H/q+1;/p-1. The summed E-state index contributed by atoms with van der Waals surface area (Å²) in [5.74, 6) is 0. The molecule has 0 radical (unpaired) electrons. The Labute approximate surface area is 148 Å². The molecule has 0 fully saturated rings. The second-order valence-corrected chi connectivity index (χ2v) is 6.42. The highest BCUT2D eigenvalue weighted by atomic mass is 79.9. The van der Waals surface area contributed by atoms with E-state index in [2.05, 4.69) is 58.6 Å². The summed E-state index contributed by atoms with van der Waals surface area (Å²) in [4.78, 5) is 0. The molecule has 0 aliphatic heterocycles. The van der Waals surface area contributed by atoms with Crippen molar-refractivity contribution in [3.63, 3.8) is 0 Å². The van der Waals surface area contributed by atoms with Crippen LogP contribution in [-0.4, -0.2) is 0 Å². The van der Waals surface area contributed by atoms with E-state index in [-0.39, 0.29) is 17.0 Å². The third-order valence-electron chi connectivity index (χ3n) is 3.76. The minimum atomic E-state index is 0. The number of nitrogens with zero attached hydrogens (tertiary/aromatic N) is 1. The van der Waals surface area contributed by atoms with Crippen LogP contribution in [0.15, 0.2) is 66.2 Å². The topological polar surface area (TPSA) is 3.88 Å². The lowest BCUT2D eigenvalue weighted by atomic mass is 10.0. The van der Waals surface area contributed by atoms with Gasteiger partial charge in [-0.15, -0.1) is 0 Å². The van der Waals surface area contributed by atoms with Crippen LogP contribution >= 0.6 is 22.9 Å². The van der Waals surface area contributed by atoms with Gasteiger partial charge in [0, 0.05) is 16.7 Å². The number of rotatable bonds is 2. The Hall–Kier alpha value is -1.42. The molecule has 0 aliphatic rings. The van der Waals surface area contributed by atoms with Gasteiger partial charge in [0.2, 0.25) is 11.0 Å². The van der Waals surface area contributed by atoms with Crippen molar-refractivity contribution in [3.05, 3.63) is 76.8 Å². The highest BCUT2D eigenvalue weighted by Crippen LogP contribution is 2.23. The monoisotopic (exact) mass is 389 g/mol. The molecule has 1 aromatic heterocycles. The quantitative estimate of drug-likeness (QED) is 0.461. The first kappa shape index (κ1) is 15.5. The summed E-state index contributed by atoms with van der Waals surface area (Å²) >= 11 is 7.79. The van der Waals surface area contributed by atoms with Crippen molar-refractivity contribution in [3.8, 4) is 0 Å². The van der Waals surface area contributed by atoms with E-state index in [0.717, 1.165) is 11.6 Å². The van der Waals surface area contributed by atoms with Crippen LogP contribution in [0.5, 0.6) is 0 Å². The molecule has 3 aromatic carbocycles. The molecule has 0 amide bonds. The smallest absolute Gasteiger partial charge is 0.226 e. The van der Waals surface area contributed by atoms with Crippen molar-refractivity contribution in [2.75, 3.05) is 0 Å². The van der Waals surface area contributed by atoms with Gasteiger partial charge in [-0.05, 0) is 22.9 Å². The van der Waals surface area contributed by atoms with Gasteiger partial charge >= 0.3 is 0 Å². The average molecular weight is 391 g/mol. The predicted octanol–water partition coefficient (Wildman–Crippen LogP) is 2.05. The fraction of sp³-hybridized carbons (Fsp3) is 0.0556. The Morgan fingerprint density at radius 3 is 2.68 bits per heavy atom. The maximum Gasteiger partial charge on any atom is 0.226 e. The minimum Gasteiger partial charge on any atom is -1.00 e. The van der Waals surface area contributed by atoms with Gasteiger partial charge in [-0.2, -0.15) is 4.57 Å². The van der Waals surface area contributed by atoms with Crippen LogP contribution in [0.25, 0.3) is 21.0 Å². The van der Waals surface area contributed by atoms with Crippen LogP contribution in [0.3, 0.4) is 0 Å². The van der Waals surface area contributed by atoms with Crippen molar-refractivity contribution in [2.45, 2.75) is 6.54 Å². The van der Waals surface area contributed by atoms with Crippen molar-refractivity contribution >= 4 is 43.9 Å². The highest BCUT2D eigenvalue weighted by molar-refractivity contribution is 7.16. The number of fused-ring (bicyclic) bond motifs is 2. The van der Waals surface area contributed by atoms with Crippen molar-refractivity contribution in [1.82, 2.24) is 0 Å². The van der Waals surface area contributed by atoms with Gasteiger partial charge < -0.3 is 17.0 Å². The molecule has 1 heterocycles. The first-order chi connectivity index (χ1) is 10.3. The normalized spacial score (nSPS) is 10.8. The molecule has 22 heavy (non-hydrogen) atoms. The predicted molar refractivity (Wildman–Crippen MR) is 90.1 cm³/mol. The lowest BCUT2D eigenvalue weighted by Gasteiger charge is -2.03. The number of thiazole rings is 1. The molecular formula is C18H13BrClNS. The number of aromatic nitrogens is 1. The zero-order valence-electron chi connectivity index (χ0n) is 11.7. The van der Waals surface area contributed by atoms with Crippen LogP contribution in [0.1, 0.15) is 5.56 Å². The van der Waals surface area contributed by atoms with Crippen LogP contribution < -0.4 is 21.5 Å². The van der Waals surface area contributed by atoms with Crippen molar-refractivity contribution in [1.29, 1.82) is 0 Å². The van der Waals surface area contributed by atoms with E-state index in [1.165, 1.54) is 26.6 Å². The van der Waals surface area contributed by atoms with Crippen LogP contribution in [0, 0.1) is 0 Å². The molecule has 0 saturated heterocycles. The van der Waals surface area contributed by atoms with E-state index < -0.39 is 0 Å². The molecule has 0 N–H and O–H groups in total. The first-order valence-electron chi connectivity index (χ1n) is 6.84. The van der Waals surface area contributed by atoms with E-state index >= 15 is 0 Å². The molecule has 0 saturated carbocycles. The third-order valence-corrected chi connectivity index (χ3v) is 4.93. The number of hydrogen-bond acceptors (Lipinski definition) is 1. The Kier molecular flexibility index (Phi) is 4.48. The van der Waals surface area contributed by atoms with Gasteiger partial charge in [-0.3, -0.25) is 0 Å².